The van der Waals surface area contributed by atoms with E-state index in [0.717, 1.165) is 60.0 Å². The lowest BCUT2D eigenvalue weighted by molar-refractivity contribution is 0.0885. The summed E-state index contributed by atoms with van der Waals surface area (Å²) in [6.07, 6.45) is 3.08. The van der Waals surface area contributed by atoms with Gasteiger partial charge >= 0.3 is 6.01 Å². The quantitative estimate of drug-likeness (QED) is 0.249. The number of Topliss-reactive ketones (excluding diaryl/α,β-unsaturated/α-hetero) is 1. The fourth-order valence-electron chi connectivity index (χ4n) is 6.92. The van der Waals surface area contributed by atoms with Gasteiger partial charge in [-0.3, -0.25) is 9.69 Å². The molecule has 236 valence electrons. The molecule has 3 aliphatic rings. The molecule has 2 saturated heterocycles. The van der Waals surface area contributed by atoms with E-state index in [1.54, 1.807) is 7.11 Å². The van der Waals surface area contributed by atoms with Gasteiger partial charge in [0.1, 0.15) is 24.2 Å². The molecule has 3 aliphatic heterocycles. The number of ether oxygens (including phenoxy) is 2. The molecule has 1 aromatic heterocycles. The molecule has 2 fully saturated rings. The molecule has 0 spiro atoms. The normalized spacial score (nSPS) is 20.5. The molecule has 2 aromatic carbocycles. The first-order chi connectivity index (χ1) is 21.9. The standard InChI is InChI=1S/C35H43N7O3/c1-25-31(13-8-14-33(25)44-4)41-17-15-29-30(22-41)37-35(45-24-27-12-9-16-39(27)3)38-34(29)42-19-18-40(28(21-42)20-36-2)23-32(43)26-10-6-5-7-11-26/h5-8,10-11,13-14,27-28H,9,12,15-24H2,1,3-4H3/t27-,28-/m0/s1. The molecular weight excluding hydrogens is 566 g/mol. The van der Waals surface area contributed by atoms with Gasteiger partial charge in [0.15, 0.2) is 5.78 Å². The summed E-state index contributed by atoms with van der Waals surface area (Å²) in [7, 11) is 3.86. The van der Waals surface area contributed by atoms with Crippen molar-refractivity contribution in [3.05, 3.63) is 82.3 Å². The molecule has 10 heteroatoms. The van der Waals surface area contributed by atoms with Crippen molar-refractivity contribution in [2.75, 3.05) is 76.4 Å². The fraction of sp³-hybridized carbons (Fsp3) is 0.486. The average molecular weight is 610 g/mol. The zero-order valence-electron chi connectivity index (χ0n) is 26.6. The highest BCUT2D eigenvalue weighted by molar-refractivity contribution is 5.97. The van der Waals surface area contributed by atoms with Gasteiger partial charge < -0.3 is 29.0 Å². The molecule has 0 amide bonds. The molecule has 0 bridgehead atoms. The van der Waals surface area contributed by atoms with Crippen molar-refractivity contribution in [1.29, 1.82) is 0 Å². The smallest absolute Gasteiger partial charge is 0.318 e. The highest BCUT2D eigenvalue weighted by atomic mass is 16.5. The van der Waals surface area contributed by atoms with Gasteiger partial charge in [-0.25, -0.2) is 6.57 Å². The topological polar surface area (TPSA) is 78.6 Å². The first-order valence-corrected chi connectivity index (χ1v) is 16.0. The Labute approximate surface area is 266 Å². The van der Waals surface area contributed by atoms with Crippen molar-refractivity contribution in [3.8, 4) is 11.8 Å². The van der Waals surface area contributed by atoms with Gasteiger partial charge in [0.2, 0.25) is 6.54 Å². The first-order valence-electron chi connectivity index (χ1n) is 16.0. The largest absolute Gasteiger partial charge is 0.496 e. The minimum atomic E-state index is -0.0782. The number of methoxy groups -OCH3 is 1. The molecule has 0 saturated carbocycles. The van der Waals surface area contributed by atoms with Crippen LogP contribution in [0.3, 0.4) is 0 Å². The molecule has 4 heterocycles. The van der Waals surface area contributed by atoms with Crippen molar-refractivity contribution in [1.82, 2.24) is 19.8 Å². The van der Waals surface area contributed by atoms with Crippen LogP contribution >= 0.6 is 0 Å². The summed E-state index contributed by atoms with van der Waals surface area (Å²) in [6, 6.07) is 16.3. The van der Waals surface area contributed by atoms with Gasteiger partial charge in [0.05, 0.1) is 25.9 Å². The number of piperazine rings is 1. The Kier molecular flexibility index (Phi) is 9.47. The lowest BCUT2D eigenvalue weighted by Gasteiger charge is -2.41. The highest BCUT2D eigenvalue weighted by Crippen LogP contribution is 2.35. The maximum Gasteiger partial charge on any atom is 0.318 e. The van der Waals surface area contributed by atoms with Crippen molar-refractivity contribution in [2.24, 2.45) is 0 Å². The summed E-state index contributed by atoms with van der Waals surface area (Å²) < 4.78 is 11.9. The third-order valence-electron chi connectivity index (χ3n) is 9.56. The van der Waals surface area contributed by atoms with E-state index >= 15 is 0 Å². The number of hydrogen-bond acceptors (Lipinski definition) is 9. The number of rotatable bonds is 10. The summed E-state index contributed by atoms with van der Waals surface area (Å²) in [5.41, 5.74) is 5.08. The van der Waals surface area contributed by atoms with Crippen LogP contribution in [0.2, 0.25) is 0 Å². The lowest BCUT2D eigenvalue weighted by atomic mass is 10.0. The van der Waals surface area contributed by atoms with Crippen LogP contribution in [0.5, 0.6) is 11.8 Å². The summed E-state index contributed by atoms with van der Waals surface area (Å²) in [6.45, 7) is 15.5. The van der Waals surface area contributed by atoms with Crippen LogP contribution in [-0.4, -0.2) is 104 Å². The lowest BCUT2D eigenvalue weighted by Crippen LogP contribution is -2.56. The zero-order chi connectivity index (χ0) is 31.3. The number of carbonyl (C=O) groups is 1. The third-order valence-corrected chi connectivity index (χ3v) is 9.56. The predicted octanol–water partition coefficient (Wildman–Crippen LogP) is 4.12. The van der Waals surface area contributed by atoms with Crippen molar-refractivity contribution in [2.45, 2.75) is 44.8 Å². The minimum Gasteiger partial charge on any atom is -0.496 e. The molecule has 0 radical (unpaired) electrons. The molecule has 2 atom stereocenters. The summed E-state index contributed by atoms with van der Waals surface area (Å²) in [5.74, 6) is 1.86. The Hall–Kier alpha value is -4.20. The SMILES string of the molecule is [C-]#[N+]C[C@H]1CN(c2nc(OC[C@@H]3CCCN3C)nc3c2CCN(c2cccc(OC)c2C)C3)CCN1CC(=O)c1ccccc1. The fourth-order valence-corrected chi connectivity index (χ4v) is 6.92. The molecule has 0 unspecified atom stereocenters. The number of anilines is 2. The van der Waals surface area contributed by atoms with Crippen LogP contribution in [0, 0.1) is 13.5 Å². The van der Waals surface area contributed by atoms with Gasteiger partial charge in [0.25, 0.3) is 0 Å². The van der Waals surface area contributed by atoms with Crippen molar-refractivity contribution >= 4 is 17.3 Å². The summed E-state index contributed by atoms with van der Waals surface area (Å²) >= 11 is 0. The van der Waals surface area contributed by atoms with Crippen LogP contribution in [0.15, 0.2) is 48.5 Å². The Morgan fingerprint density at radius 2 is 1.87 bits per heavy atom. The summed E-state index contributed by atoms with van der Waals surface area (Å²) in [5, 5.41) is 0. The molecule has 0 aliphatic carbocycles. The molecule has 3 aromatic rings. The zero-order valence-corrected chi connectivity index (χ0v) is 26.6. The van der Waals surface area contributed by atoms with Crippen LogP contribution in [0.25, 0.3) is 4.85 Å². The van der Waals surface area contributed by atoms with Gasteiger partial charge in [0, 0.05) is 54.6 Å². The predicted molar refractivity (Wildman–Crippen MR) is 175 cm³/mol. The van der Waals surface area contributed by atoms with E-state index in [4.69, 9.17) is 26.0 Å². The number of hydrogen-bond donors (Lipinski definition) is 0. The van der Waals surface area contributed by atoms with Gasteiger partial charge in [-0.15, -0.1) is 0 Å². The van der Waals surface area contributed by atoms with E-state index < -0.39 is 0 Å². The number of ketones is 1. The van der Waals surface area contributed by atoms with Crippen molar-refractivity contribution in [3.63, 3.8) is 0 Å². The number of carbonyl (C=O) groups excluding carboxylic acids is 1. The van der Waals surface area contributed by atoms with E-state index in [2.05, 4.69) is 44.5 Å². The van der Waals surface area contributed by atoms with Crippen molar-refractivity contribution < 1.29 is 14.3 Å². The van der Waals surface area contributed by atoms with Crippen LogP contribution in [0.1, 0.15) is 40.0 Å². The first kappa shape index (κ1) is 30.8. The maximum absolute atomic E-state index is 13.1. The van der Waals surface area contributed by atoms with E-state index in [0.29, 0.717) is 63.5 Å². The number of likely N-dealkylation sites (N-methyl/N-ethyl adjacent to an activating group) is 1. The van der Waals surface area contributed by atoms with Crippen LogP contribution in [0.4, 0.5) is 11.5 Å². The van der Waals surface area contributed by atoms with Gasteiger partial charge in [-0.05, 0) is 51.9 Å². The minimum absolute atomic E-state index is 0.0782. The second kappa shape index (κ2) is 13.8. The Morgan fingerprint density at radius 3 is 2.62 bits per heavy atom. The number of aromatic nitrogens is 2. The second-order valence-electron chi connectivity index (χ2n) is 12.3. The van der Waals surface area contributed by atoms with Crippen LogP contribution < -0.4 is 19.3 Å². The van der Waals surface area contributed by atoms with E-state index in [9.17, 15) is 4.79 Å². The Balaban J connectivity index is 1.27. The monoisotopic (exact) mass is 609 g/mol. The van der Waals surface area contributed by atoms with Gasteiger partial charge in [-0.1, -0.05) is 36.4 Å². The molecule has 45 heavy (non-hydrogen) atoms. The number of benzene rings is 2. The van der Waals surface area contributed by atoms with Crippen LogP contribution in [-0.2, 0) is 13.0 Å². The number of likely N-dealkylation sites (tertiary alicyclic amines) is 1. The number of fused-ring (bicyclic) bond motifs is 1. The Morgan fingerprint density at radius 1 is 1.02 bits per heavy atom. The number of nitrogens with zero attached hydrogens (tertiary/aromatic N) is 7. The molecular formula is C35H43N7O3. The van der Waals surface area contributed by atoms with E-state index in [1.807, 2.05) is 42.5 Å². The molecule has 6 rings (SSSR count). The summed E-state index contributed by atoms with van der Waals surface area (Å²) in [4.78, 5) is 36.0. The van der Waals surface area contributed by atoms with E-state index in [-0.39, 0.29) is 11.8 Å². The molecule has 0 N–H and O–H groups in total. The maximum atomic E-state index is 13.1. The molecule has 10 nitrogen and oxygen atoms in total. The highest BCUT2D eigenvalue weighted by Gasteiger charge is 2.34. The average Bonchev–Trinajstić information content (AvgIpc) is 3.48. The third kappa shape index (κ3) is 6.75. The van der Waals surface area contributed by atoms with E-state index in [1.165, 1.54) is 6.42 Å². The van der Waals surface area contributed by atoms with Gasteiger partial charge in [-0.2, -0.15) is 9.97 Å². The second-order valence-corrected chi connectivity index (χ2v) is 12.3. The Bertz CT molecular complexity index is 1540.